The maximum Gasteiger partial charge on any atom is 0.491 e. The van der Waals surface area contributed by atoms with Gasteiger partial charge in [-0.2, -0.15) is 0 Å². The van der Waals surface area contributed by atoms with Crippen molar-refractivity contribution in [2.45, 2.75) is 0 Å². The molecular weight excluding hydrogens is 206 g/mol. The maximum absolute atomic E-state index is 9.99. The number of nitrogens with two attached hydrogens (primary N) is 1. The molecule has 0 aliphatic carbocycles. The molecule has 0 bridgehead atoms. The Morgan fingerprint density at radius 3 is 1.91 bits per heavy atom. The first-order valence-electron chi connectivity index (χ1n) is 1.83. The van der Waals surface area contributed by atoms with E-state index in [1.54, 1.807) is 0 Å². The minimum absolute atomic E-state index is 0.474. The van der Waals surface area contributed by atoms with Gasteiger partial charge in [0.1, 0.15) is 0 Å². The fourth-order valence-corrected chi connectivity index (χ4v) is 0.707. The van der Waals surface area contributed by atoms with Gasteiger partial charge in [-0.25, -0.2) is 13.6 Å². The molecule has 0 saturated heterocycles. The molecule has 0 aliphatic heterocycles. The Morgan fingerprint density at radius 1 is 1.18 bits per heavy atom. The maximum atomic E-state index is 9.99. The van der Waals surface area contributed by atoms with Crippen molar-refractivity contribution in [3.05, 3.63) is 0 Å². The lowest BCUT2D eigenvalue weighted by atomic mass is 13.5. The van der Waals surface area contributed by atoms with Crippen LogP contribution >= 0.6 is 0 Å². The number of quaternary nitrogens is 1. The summed E-state index contributed by atoms with van der Waals surface area (Å²) in [6.07, 6.45) is 0. The molecule has 0 saturated carbocycles. The van der Waals surface area contributed by atoms with Crippen LogP contribution in [0, 0.1) is 0 Å². The highest BCUT2D eigenvalue weighted by atomic mass is 32.3. The Labute approximate surface area is 61.6 Å². The summed E-state index contributed by atoms with van der Waals surface area (Å²) in [5.74, 6) is 0. The molecule has 0 rings (SSSR count). The van der Waals surface area contributed by atoms with Gasteiger partial charge in [0, 0.05) is 0 Å². The molecule has 0 spiro atoms. The topological polar surface area (TPSA) is 147 Å². The molecule has 0 fully saturated rings. The quantitative estimate of drug-likeness (QED) is 0.210. The fourth-order valence-electron chi connectivity index (χ4n) is 0.0903. The van der Waals surface area contributed by atoms with Crippen LogP contribution in [0.3, 0.4) is 0 Å². The Morgan fingerprint density at radius 2 is 1.64 bits per heavy atom. The van der Waals surface area contributed by atoms with Crippen molar-refractivity contribution < 1.29 is 40.1 Å². The zero-order chi connectivity index (χ0) is 9.12. The van der Waals surface area contributed by atoms with Gasteiger partial charge in [0.25, 0.3) is 0 Å². The number of rotatable bonds is 4. The molecule has 0 atom stereocenters. The molecule has 0 amide bonds. The van der Waals surface area contributed by atoms with E-state index >= 15 is 0 Å². The summed E-state index contributed by atoms with van der Waals surface area (Å²) in [5, 5.41) is 7.78. The van der Waals surface area contributed by atoms with Gasteiger partial charge in [-0.05, 0) is 4.33 Å². The fraction of sp³-hybridized carbons (Fsp3) is 0. The second-order valence-electron chi connectivity index (χ2n) is 1.14. The van der Waals surface area contributed by atoms with Crippen LogP contribution in [0.25, 0.3) is 0 Å². The van der Waals surface area contributed by atoms with Crippen LogP contribution in [0.15, 0.2) is 0 Å². The summed E-state index contributed by atoms with van der Waals surface area (Å²) in [6, 6.07) is 0. The molecule has 11 heavy (non-hydrogen) atoms. The lowest BCUT2D eigenvalue weighted by Gasteiger charge is -2.01. The number of hydrogen-bond acceptors (Lipinski definition) is 8. The van der Waals surface area contributed by atoms with Crippen LogP contribution in [0.4, 0.5) is 0 Å². The minimum atomic E-state index is -5.25. The van der Waals surface area contributed by atoms with E-state index in [2.05, 4.69) is 8.67 Å². The van der Waals surface area contributed by atoms with Gasteiger partial charge < -0.3 is 4.55 Å². The second kappa shape index (κ2) is 3.40. The van der Waals surface area contributed by atoms with Crippen molar-refractivity contribution in [3.8, 4) is 0 Å². The first-order valence-corrected chi connectivity index (χ1v) is 4.63. The van der Waals surface area contributed by atoms with Gasteiger partial charge in [-0.15, -0.1) is 8.42 Å². The first kappa shape index (κ1) is 10.7. The van der Waals surface area contributed by atoms with Crippen LogP contribution in [0.1, 0.15) is 0 Å². The van der Waals surface area contributed by atoms with Crippen LogP contribution in [0.2, 0.25) is 0 Å². The normalized spacial score (nSPS) is 13.3. The summed E-state index contributed by atoms with van der Waals surface area (Å²) in [4.78, 5) is -0.474. The van der Waals surface area contributed by atoms with Crippen LogP contribution in [-0.2, 0) is 29.4 Å². The molecule has 11 heteroatoms. The molecule has 68 valence electrons. The smallest absolute Gasteiger partial charge is 0.491 e. The van der Waals surface area contributed by atoms with Crippen molar-refractivity contribution in [2.75, 3.05) is 0 Å². The van der Waals surface area contributed by atoms with Gasteiger partial charge in [-0.1, -0.05) is 9.22 Å². The molecule has 9 nitrogen and oxygen atoms in total. The Hall–Kier alpha value is -0.300. The SMILES string of the molecule is O=S(=O)([O-])OOS(=O)(=O)[NH2+]O. The largest absolute Gasteiger partial charge is 0.724 e. The van der Waals surface area contributed by atoms with Crippen molar-refractivity contribution in [1.82, 2.24) is 0 Å². The lowest BCUT2D eigenvalue weighted by Crippen LogP contribution is -2.84. The van der Waals surface area contributed by atoms with Gasteiger partial charge in [0.2, 0.25) is 10.4 Å². The van der Waals surface area contributed by atoms with Gasteiger partial charge >= 0.3 is 10.3 Å². The molecule has 0 radical (unpaired) electrons. The van der Waals surface area contributed by atoms with Crippen molar-refractivity contribution in [3.63, 3.8) is 0 Å². The average molecular weight is 209 g/mol. The molecule has 0 aromatic heterocycles. The van der Waals surface area contributed by atoms with E-state index in [0.29, 0.717) is 0 Å². The van der Waals surface area contributed by atoms with Crippen molar-refractivity contribution in [2.24, 2.45) is 0 Å². The summed E-state index contributed by atoms with van der Waals surface area (Å²) in [7, 11) is -9.87. The molecule has 0 aliphatic rings. The molecule has 0 heterocycles. The molecule has 0 aromatic carbocycles. The second-order valence-corrected chi connectivity index (χ2v) is 3.43. The molecular formula is H3NO8S2. The third-order valence-corrected chi connectivity index (χ3v) is 1.17. The zero-order valence-electron chi connectivity index (χ0n) is 4.70. The molecule has 0 unspecified atom stereocenters. The van der Waals surface area contributed by atoms with Crippen LogP contribution in [-0.4, -0.2) is 26.6 Å². The van der Waals surface area contributed by atoms with E-state index in [-0.39, 0.29) is 0 Å². The third-order valence-electron chi connectivity index (χ3n) is 0.335. The minimum Gasteiger partial charge on any atom is -0.724 e. The lowest BCUT2D eigenvalue weighted by molar-refractivity contribution is -0.774. The first-order chi connectivity index (χ1) is 4.77. The summed E-state index contributed by atoms with van der Waals surface area (Å²) < 4.78 is 54.4. The number of hydrogen-bond donors (Lipinski definition) is 2. The monoisotopic (exact) mass is 209 g/mol. The summed E-state index contributed by atoms with van der Waals surface area (Å²) in [6.45, 7) is 0. The predicted octanol–water partition coefficient (Wildman–Crippen LogP) is -3.41. The highest BCUT2D eigenvalue weighted by molar-refractivity contribution is 7.82. The molecule has 3 N–H and O–H groups in total. The van der Waals surface area contributed by atoms with Crippen LogP contribution < -0.4 is 4.89 Å². The van der Waals surface area contributed by atoms with E-state index in [1.165, 1.54) is 0 Å². The highest BCUT2D eigenvalue weighted by Gasteiger charge is 2.16. The van der Waals surface area contributed by atoms with Crippen molar-refractivity contribution >= 4 is 20.7 Å². The standard InChI is InChI=1S/H3NO8S2/c2-1-10(3,4)8-9-11(5,6)7/h1-2H,(H,5,6,7). The van der Waals surface area contributed by atoms with Gasteiger partial charge in [0.05, 0.1) is 0 Å². The van der Waals surface area contributed by atoms with E-state index < -0.39 is 25.6 Å². The van der Waals surface area contributed by atoms with Crippen molar-refractivity contribution in [1.29, 1.82) is 0 Å². The van der Waals surface area contributed by atoms with E-state index in [1.807, 2.05) is 0 Å². The van der Waals surface area contributed by atoms with E-state index in [9.17, 15) is 21.4 Å². The molecule has 0 aromatic rings. The summed E-state index contributed by atoms with van der Waals surface area (Å²) in [5.41, 5.74) is 0. The summed E-state index contributed by atoms with van der Waals surface area (Å²) >= 11 is 0. The van der Waals surface area contributed by atoms with E-state index in [4.69, 9.17) is 5.21 Å². The Bertz CT molecular complexity index is 293. The average Bonchev–Trinajstić information content (AvgIpc) is 1.83. The van der Waals surface area contributed by atoms with Crippen LogP contribution in [0.5, 0.6) is 0 Å². The van der Waals surface area contributed by atoms with E-state index in [0.717, 1.165) is 0 Å². The predicted molar refractivity (Wildman–Crippen MR) is 24.5 cm³/mol. The van der Waals surface area contributed by atoms with Gasteiger partial charge in [-0.3, -0.25) is 0 Å². The zero-order valence-corrected chi connectivity index (χ0v) is 6.33. The third kappa shape index (κ3) is 6.11. The highest BCUT2D eigenvalue weighted by Crippen LogP contribution is 1.89. The van der Waals surface area contributed by atoms with Gasteiger partial charge in [0.15, 0.2) is 0 Å². The Balaban J connectivity index is 4.13. The Kier molecular flexibility index (Phi) is 3.30.